The summed E-state index contributed by atoms with van der Waals surface area (Å²) >= 11 is 0. The first kappa shape index (κ1) is 27.2. The van der Waals surface area contributed by atoms with E-state index in [-0.39, 0.29) is 35.7 Å². The quantitative estimate of drug-likeness (QED) is 0.252. The van der Waals surface area contributed by atoms with Crippen LogP contribution in [0.25, 0.3) is 0 Å². The Morgan fingerprint density at radius 1 is 0.900 bits per heavy atom. The van der Waals surface area contributed by atoms with Gasteiger partial charge in [-0.25, -0.2) is 0 Å². The summed E-state index contributed by atoms with van der Waals surface area (Å²) in [7, 11) is 0. The predicted molar refractivity (Wildman–Crippen MR) is 58.1 cm³/mol. The zero-order valence-corrected chi connectivity index (χ0v) is 12.8. The van der Waals surface area contributed by atoms with Crippen LogP contribution in [-0.4, -0.2) is 51.3 Å². The standard InChI is InChI=1S/2C4H7NO4.H3N.Na/c2*5-2(4(8)9)1-3(6)7;;/h2*2H,1,5H2,(H,6,7)(H,8,9);1H3;/q;;;+1/p-1/t2*2-;;/m00../s1. The third-order valence-corrected chi connectivity index (χ3v) is 1.41. The van der Waals surface area contributed by atoms with E-state index in [0.29, 0.717) is 0 Å². The number of rotatable bonds is 6. The number of carbonyl (C=O) groups is 4. The first-order chi connectivity index (χ1) is 8.07. The minimum absolute atomic E-state index is 0. The molecule has 2 atom stereocenters. The van der Waals surface area contributed by atoms with Crippen molar-refractivity contribution in [2.24, 2.45) is 11.5 Å². The fraction of sp³-hybridized carbons (Fsp3) is 0.500. The smallest absolute Gasteiger partial charge is 0.548 e. The topological polar surface area (TPSA) is 239 Å². The molecule has 0 aliphatic carbocycles. The van der Waals surface area contributed by atoms with Crippen molar-refractivity contribution in [3.8, 4) is 0 Å². The van der Waals surface area contributed by atoms with Crippen LogP contribution in [-0.2, 0) is 19.2 Å². The van der Waals surface area contributed by atoms with Crippen LogP contribution in [0.2, 0.25) is 0 Å². The van der Waals surface area contributed by atoms with Gasteiger partial charge in [0.15, 0.2) is 0 Å². The molecule has 0 bridgehead atoms. The number of carbonyl (C=O) groups excluding carboxylic acids is 1. The molecule has 0 saturated carbocycles. The summed E-state index contributed by atoms with van der Waals surface area (Å²) in [5, 5.41) is 33.7. The molecule has 0 rings (SSSR count). The number of carboxylic acids is 4. The molecule has 0 unspecified atom stereocenters. The molecule has 0 aliphatic rings. The second-order valence-electron chi connectivity index (χ2n) is 3.07. The fourth-order valence-corrected chi connectivity index (χ4v) is 0.547. The van der Waals surface area contributed by atoms with Gasteiger partial charge in [-0.1, -0.05) is 0 Å². The molecule has 11 nitrogen and oxygen atoms in total. The van der Waals surface area contributed by atoms with E-state index in [1.807, 2.05) is 0 Å². The number of nitrogens with two attached hydrogens (primary N) is 2. The minimum atomic E-state index is -1.54. The van der Waals surface area contributed by atoms with Crippen LogP contribution < -0.4 is 52.3 Å². The first-order valence-electron chi connectivity index (χ1n) is 4.46. The van der Waals surface area contributed by atoms with Gasteiger partial charge < -0.3 is 42.8 Å². The van der Waals surface area contributed by atoms with Crippen molar-refractivity contribution < 1.29 is 69.2 Å². The molecule has 0 aliphatic heterocycles. The Balaban J connectivity index is -0.000000116. The predicted octanol–water partition coefficient (Wildman–Crippen LogP) is -6.42. The number of aliphatic carboxylic acids is 4. The van der Waals surface area contributed by atoms with Crippen molar-refractivity contribution >= 4 is 23.9 Å². The molecule has 20 heavy (non-hydrogen) atoms. The molecule has 0 aromatic carbocycles. The van der Waals surface area contributed by atoms with Crippen molar-refractivity contribution in [2.45, 2.75) is 24.9 Å². The van der Waals surface area contributed by atoms with Crippen molar-refractivity contribution in [2.75, 3.05) is 0 Å². The number of hydrogen-bond acceptors (Lipinski definition) is 8. The average Bonchev–Trinajstić information content (AvgIpc) is 2.16. The van der Waals surface area contributed by atoms with E-state index in [1.165, 1.54) is 0 Å². The van der Waals surface area contributed by atoms with E-state index in [4.69, 9.17) is 26.8 Å². The zero-order valence-electron chi connectivity index (χ0n) is 10.8. The molecule has 0 radical (unpaired) electrons. The molecular formula is C8H16N3NaO8. The molecule has 0 heterocycles. The molecule has 10 N–H and O–H groups in total. The molecule has 0 saturated heterocycles. The number of hydrogen-bond donors (Lipinski definition) is 6. The summed E-state index contributed by atoms with van der Waals surface area (Å²) < 4.78 is 0. The van der Waals surface area contributed by atoms with Gasteiger partial charge in [0.05, 0.1) is 24.9 Å². The van der Waals surface area contributed by atoms with Crippen LogP contribution in [0, 0.1) is 0 Å². The van der Waals surface area contributed by atoms with E-state index >= 15 is 0 Å². The largest absolute Gasteiger partial charge is 1.00 e. The van der Waals surface area contributed by atoms with Crippen LogP contribution >= 0.6 is 0 Å². The molecule has 112 valence electrons. The Labute approximate surface area is 135 Å². The second kappa shape index (κ2) is 14.2. The molecule has 0 amide bonds. The van der Waals surface area contributed by atoms with E-state index in [1.54, 1.807) is 0 Å². The summed E-state index contributed by atoms with van der Waals surface area (Å²) in [6, 6.07) is -2.69. The van der Waals surface area contributed by atoms with Gasteiger partial charge in [0.1, 0.15) is 6.04 Å². The van der Waals surface area contributed by atoms with E-state index in [2.05, 4.69) is 0 Å². The summed E-state index contributed by atoms with van der Waals surface area (Å²) in [6.45, 7) is 0. The van der Waals surface area contributed by atoms with Gasteiger partial charge in [0.25, 0.3) is 0 Å². The van der Waals surface area contributed by atoms with E-state index in [0.717, 1.165) is 0 Å². The third kappa shape index (κ3) is 19.1. The third-order valence-electron chi connectivity index (χ3n) is 1.41. The van der Waals surface area contributed by atoms with Crippen LogP contribution in [0.15, 0.2) is 0 Å². The Morgan fingerprint density at radius 3 is 1.30 bits per heavy atom. The number of carboxylic acid groups (broad SMARTS) is 4. The van der Waals surface area contributed by atoms with Crippen molar-refractivity contribution in [3.05, 3.63) is 0 Å². The molecule has 0 spiro atoms. The Morgan fingerprint density at radius 2 is 1.20 bits per heavy atom. The molecular weight excluding hydrogens is 289 g/mol. The Bertz CT molecular complexity index is 306. The zero-order chi connectivity index (χ0) is 14.9. The van der Waals surface area contributed by atoms with E-state index < -0.39 is 48.8 Å². The maximum Gasteiger partial charge on any atom is 1.00 e. The van der Waals surface area contributed by atoms with Crippen molar-refractivity contribution in [1.82, 2.24) is 6.15 Å². The molecule has 0 fully saturated rings. The van der Waals surface area contributed by atoms with Crippen molar-refractivity contribution in [3.63, 3.8) is 0 Å². The average molecular weight is 305 g/mol. The fourth-order valence-electron chi connectivity index (χ4n) is 0.547. The molecule has 0 aromatic rings. The van der Waals surface area contributed by atoms with Gasteiger partial charge >= 0.3 is 47.5 Å². The van der Waals surface area contributed by atoms with Gasteiger partial charge in [-0.05, 0) is 0 Å². The Hall–Kier alpha value is -1.24. The van der Waals surface area contributed by atoms with Crippen molar-refractivity contribution in [1.29, 1.82) is 0 Å². The minimum Gasteiger partial charge on any atom is -0.548 e. The SMILES string of the molecule is N.N[C@@H](CC(=O)O)C(=O)O.N[C@@H](CC(=O)O)C(=O)[O-].[Na+]. The maximum absolute atomic E-state index is 9.85. The van der Waals surface area contributed by atoms with Crippen LogP contribution in [0.4, 0.5) is 0 Å². The van der Waals surface area contributed by atoms with Crippen LogP contribution in [0.1, 0.15) is 12.8 Å². The summed E-state index contributed by atoms with van der Waals surface area (Å²) in [5.74, 6) is -5.29. The molecule has 0 aromatic heterocycles. The van der Waals surface area contributed by atoms with Crippen LogP contribution in [0.5, 0.6) is 0 Å². The Kier molecular flexibility index (Phi) is 19.3. The van der Waals surface area contributed by atoms with E-state index in [9.17, 15) is 24.3 Å². The van der Waals surface area contributed by atoms with Gasteiger partial charge in [0.2, 0.25) is 0 Å². The van der Waals surface area contributed by atoms with Gasteiger partial charge in [-0.2, -0.15) is 0 Å². The first-order valence-corrected chi connectivity index (χ1v) is 4.46. The van der Waals surface area contributed by atoms with Gasteiger partial charge in [-0.15, -0.1) is 0 Å². The van der Waals surface area contributed by atoms with Gasteiger partial charge in [-0.3, -0.25) is 14.4 Å². The van der Waals surface area contributed by atoms with Gasteiger partial charge in [0, 0.05) is 0 Å². The summed E-state index contributed by atoms with van der Waals surface area (Å²) in [4.78, 5) is 39.1. The molecule has 12 heteroatoms. The van der Waals surface area contributed by atoms with Crippen LogP contribution in [0.3, 0.4) is 0 Å². The summed E-state index contributed by atoms with van der Waals surface area (Å²) in [5.41, 5.74) is 9.61. The second-order valence-corrected chi connectivity index (χ2v) is 3.07. The monoisotopic (exact) mass is 305 g/mol. The maximum atomic E-state index is 9.85. The summed E-state index contributed by atoms with van der Waals surface area (Å²) in [6.07, 6.45) is -1.13. The normalized spacial score (nSPS) is 11.3.